The number of fused-ring (bicyclic) bond motifs is 2. The van der Waals surface area contributed by atoms with Crippen LogP contribution in [0.4, 0.5) is 11.4 Å². The first-order chi connectivity index (χ1) is 18.2. The summed E-state index contributed by atoms with van der Waals surface area (Å²) in [6.45, 7) is 5.78. The number of nitrogens with one attached hydrogen (secondary N) is 3. The van der Waals surface area contributed by atoms with Crippen molar-refractivity contribution in [3.63, 3.8) is 0 Å². The van der Waals surface area contributed by atoms with E-state index in [9.17, 15) is 35.2 Å². The fourth-order valence-corrected chi connectivity index (χ4v) is 7.32. The Morgan fingerprint density at radius 1 is 1.02 bits per heavy atom. The molecule has 0 bridgehead atoms. The van der Waals surface area contributed by atoms with Crippen LogP contribution in [0.3, 0.4) is 0 Å². The number of aliphatic hydroxyl groups excluding tert-OH is 1. The van der Waals surface area contributed by atoms with Crippen LogP contribution in [-0.4, -0.2) is 54.5 Å². The van der Waals surface area contributed by atoms with Crippen LogP contribution in [0.5, 0.6) is 0 Å². The molecule has 1 heterocycles. The Hall–Kier alpha value is -3.27. The quantitative estimate of drug-likeness (QED) is 0.365. The molecule has 15 heteroatoms. The zero-order chi connectivity index (χ0) is 29.9. The van der Waals surface area contributed by atoms with Gasteiger partial charge in [-0.25, -0.2) is 16.8 Å². The van der Waals surface area contributed by atoms with Crippen molar-refractivity contribution in [2.45, 2.75) is 44.0 Å². The Morgan fingerprint density at radius 3 is 2.27 bits per heavy atom. The predicted octanol–water partition coefficient (Wildman–Crippen LogP) is 2.69. The highest BCUT2D eigenvalue weighted by atomic mass is 32.2. The van der Waals surface area contributed by atoms with Crippen LogP contribution in [0.2, 0.25) is 0 Å². The Labute approximate surface area is 233 Å². The highest BCUT2D eigenvalue weighted by Gasteiger charge is 2.51. The number of sulfonamides is 3. The first-order valence-electron chi connectivity index (χ1n) is 12.0. The summed E-state index contributed by atoms with van der Waals surface area (Å²) in [7, 11) is -12.2. The van der Waals surface area contributed by atoms with Gasteiger partial charge in [-0.3, -0.25) is 9.52 Å². The van der Waals surface area contributed by atoms with Gasteiger partial charge in [0.05, 0.1) is 18.2 Å². The summed E-state index contributed by atoms with van der Waals surface area (Å²) in [5, 5.41) is 14.0. The van der Waals surface area contributed by atoms with E-state index in [1.807, 2.05) is 20.8 Å². The first-order valence-corrected chi connectivity index (χ1v) is 17.3. The molecule has 2 aromatic rings. The van der Waals surface area contributed by atoms with Crippen molar-refractivity contribution < 1.29 is 35.2 Å². The molecule has 1 atom stereocenters. The van der Waals surface area contributed by atoms with Crippen LogP contribution in [0.1, 0.15) is 44.7 Å². The van der Waals surface area contributed by atoms with E-state index >= 15 is 0 Å². The topological polar surface area (TPSA) is 188 Å². The van der Waals surface area contributed by atoms with Gasteiger partial charge in [-0.15, -0.1) is 4.40 Å². The van der Waals surface area contributed by atoms with E-state index in [1.165, 1.54) is 18.2 Å². The summed E-state index contributed by atoms with van der Waals surface area (Å²) in [6.07, 6.45) is 2.22. The van der Waals surface area contributed by atoms with E-state index in [0.29, 0.717) is 6.42 Å². The third-order valence-corrected chi connectivity index (χ3v) is 9.01. The lowest BCUT2D eigenvalue weighted by atomic mass is 9.70. The number of carbonyl (C=O) groups excluding carboxylic acids is 1. The van der Waals surface area contributed by atoms with Crippen LogP contribution >= 0.6 is 0 Å². The minimum Gasteiger partial charge on any atom is -0.506 e. The fraction of sp³-hybridized carbons (Fsp3) is 0.360. The number of amidine groups is 1. The van der Waals surface area contributed by atoms with Gasteiger partial charge in [0.1, 0.15) is 21.8 Å². The van der Waals surface area contributed by atoms with Crippen molar-refractivity contribution in [3.8, 4) is 0 Å². The van der Waals surface area contributed by atoms with Gasteiger partial charge in [-0.05, 0) is 42.0 Å². The Balaban J connectivity index is 1.92. The fourth-order valence-electron chi connectivity index (χ4n) is 4.68. The zero-order valence-electron chi connectivity index (χ0n) is 22.4. The average molecular weight is 611 g/mol. The summed E-state index contributed by atoms with van der Waals surface area (Å²) in [5.74, 6) is -1.94. The molecule has 1 aliphatic heterocycles. The summed E-state index contributed by atoms with van der Waals surface area (Å²) < 4.78 is 83.3. The van der Waals surface area contributed by atoms with Gasteiger partial charge in [0, 0.05) is 11.3 Å². The molecular formula is C25H30N4O8S3. The average Bonchev–Trinajstić information content (AvgIpc) is 2.79. The highest BCUT2D eigenvalue weighted by molar-refractivity contribution is 7.92. The molecule has 0 spiro atoms. The second kappa shape index (κ2) is 9.68. The van der Waals surface area contributed by atoms with Crippen molar-refractivity contribution >= 4 is 58.8 Å². The predicted molar refractivity (Wildman–Crippen MR) is 152 cm³/mol. The molecule has 0 saturated carbocycles. The van der Waals surface area contributed by atoms with E-state index in [-0.39, 0.29) is 39.2 Å². The van der Waals surface area contributed by atoms with Gasteiger partial charge in [-0.1, -0.05) is 45.0 Å². The van der Waals surface area contributed by atoms with Crippen molar-refractivity contribution in [3.05, 3.63) is 59.2 Å². The molecule has 0 amide bonds. The minimum absolute atomic E-state index is 0.00728. The third kappa shape index (κ3) is 5.92. The number of benzene rings is 2. The third-order valence-electron chi connectivity index (χ3n) is 6.37. The van der Waals surface area contributed by atoms with Gasteiger partial charge in [0.2, 0.25) is 20.0 Å². The molecule has 40 heavy (non-hydrogen) atoms. The largest absolute Gasteiger partial charge is 0.506 e. The van der Waals surface area contributed by atoms with E-state index < -0.39 is 58.6 Å². The van der Waals surface area contributed by atoms with Gasteiger partial charge in [0.15, 0.2) is 11.6 Å². The van der Waals surface area contributed by atoms with Gasteiger partial charge < -0.3 is 10.4 Å². The van der Waals surface area contributed by atoms with Crippen LogP contribution in [0.25, 0.3) is 5.76 Å². The van der Waals surface area contributed by atoms with E-state index in [4.69, 9.17) is 0 Å². The molecule has 4 rings (SSSR count). The summed E-state index contributed by atoms with van der Waals surface area (Å²) in [5.41, 5.74) is -2.35. The number of hydrogen-bond donors (Lipinski definition) is 4. The van der Waals surface area contributed by atoms with Crippen LogP contribution < -0.4 is 14.8 Å². The molecule has 0 aromatic heterocycles. The van der Waals surface area contributed by atoms with Gasteiger partial charge in [-0.2, -0.15) is 13.1 Å². The molecule has 216 valence electrons. The Kier molecular flexibility index (Phi) is 7.19. The second-order valence-corrected chi connectivity index (χ2v) is 16.1. The SMILES string of the molecule is CC(C)(C)CCC1(NS(C)(=O)=O)C(=O)C(C2=NS(=O)(=O)c3cc(NS(C)(=O)=O)ccc3N2)=C(O)c2ccccc21. The molecule has 0 radical (unpaired) electrons. The molecular weight excluding hydrogens is 580 g/mol. The summed E-state index contributed by atoms with van der Waals surface area (Å²) in [4.78, 5) is 14.0. The Bertz CT molecular complexity index is 1810. The summed E-state index contributed by atoms with van der Waals surface area (Å²) in [6, 6.07) is 9.92. The number of nitrogens with zero attached hydrogens (tertiary/aromatic N) is 1. The Morgan fingerprint density at radius 2 is 1.68 bits per heavy atom. The molecule has 0 saturated heterocycles. The normalized spacial score (nSPS) is 20.7. The van der Waals surface area contributed by atoms with Gasteiger partial charge in [0.25, 0.3) is 10.0 Å². The lowest BCUT2D eigenvalue weighted by Gasteiger charge is -2.40. The second-order valence-electron chi connectivity index (χ2n) is 11.1. The molecule has 4 N–H and O–H groups in total. The molecule has 12 nitrogen and oxygen atoms in total. The molecule has 2 aliphatic rings. The van der Waals surface area contributed by atoms with Crippen LogP contribution in [-0.2, 0) is 40.4 Å². The summed E-state index contributed by atoms with van der Waals surface area (Å²) >= 11 is 0. The lowest BCUT2D eigenvalue weighted by Crippen LogP contribution is -2.55. The molecule has 1 unspecified atom stereocenters. The van der Waals surface area contributed by atoms with Crippen LogP contribution in [0.15, 0.2) is 57.3 Å². The molecule has 2 aromatic carbocycles. The number of aliphatic hydroxyl groups is 1. The highest BCUT2D eigenvalue weighted by Crippen LogP contribution is 2.44. The monoisotopic (exact) mass is 610 g/mol. The van der Waals surface area contributed by atoms with Crippen LogP contribution in [0, 0.1) is 5.41 Å². The number of carbonyl (C=O) groups is 1. The number of hydrogen-bond acceptors (Lipinski definition) is 9. The molecule has 1 aliphatic carbocycles. The van der Waals surface area contributed by atoms with Crippen molar-refractivity contribution in [1.82, 2.24) is 4.72 Å². The number of anilines is 2. The number of rotatable bonds is 7. The maximum Gasteiger partial charge on any atom is 0.286 e. The standard InChI is InChI=1S/C25H30N4O8S3/c1-24(2,3)12-13-25(29-39(5,34)35)17-9-7-6-8-16(17)21(30)20(22(25)31)23-26-18-11-10-15(27-38(4,32)33)14-19(18)40(36,37)28-23/h6-11,14,27,29-30H,12-13H2,1-5H3,(H,26,28). The lowest BCUT2D eigenvalue weighted by molar-refractivity contribution is -0.121. The zero-order valence-corrected chi connectivity index (χ0v) is 24.9. The van der Waals surface area contributed by atoms with Crippen molar-refractivity contribution in [2.24, 2.45) is 9.81 Å². The van der Waals surface area contributed by atoms with E-state index in [1.54, 1.807) is 18.2 Å². The van der Waals surface area contributed by atoms with Gasteiger partial charge >= 0.3 is 0 Å². The molecule has 0 fully saturated rings. The number of Topliss-reactive ketones (excluding diaryl/α,β-unsaturated/α-hetero) is 1. The van der Waals surface area contributed by atoms with Crippen molar-refractivity contribution in [2.75, 3.05) is 22.6 Å². The maximum absolute atomic E-state index is 14.3. The van der Waals surface area contributed by atoms with E-state index in [2.05, 4.69) is 19.2 Å². The van der Waals surface area contributed by atoms with Crippen molar-refractivity contribution in [1.29, 1.82) is 0 Å². The minimum atomic E-state index is -4.50. The van der Waals surface area contributed by atoms with E-state index in [0.717, 1.165) is 18.6 Å². The maximum atomic E-state index is 14.3. The first kappa shape index (κ1) is 29.7. The number of ketones is 1. The smallest absolute Gasteiger partial charge is 0.286 e.